The molecule has 2 amide bonds. The SMILES string of the molecule is C=Cc1nc(C(=O)NC(CCC(=O)O)C(=O)O)ccc1NC(=O)CCl. The van der Waals surface area contributed by atoms with Gasteiger partial charge in [0.25, 0.3) is 5.91 Å². The van der Waals surface area contributed by atoms with Crippen molar-refractivity contribution in [1.82, 2.24) is 10.3 Å². The first kappa shape index (κ1) is 20.1. The molecule has 4 N–H and O–H groups in total. The lowest BCUT2D eigenvalue weighted by Gasteiger charge is -2.14. The van der Waals surface area contributed by atoms with E-state index in [-0.39, 0.29) is 29.4 Å². The van der Waals surface area contributed by atoms with Gasteiger partial charge in [0.2, 0.25) is 5.91 Å². The third-order valence-corrected chi connectivity index (χ3v) is 3.24. The Balaban J connectivity index is 2.93. The van der Waals surface area contributed by atoms with E-state index in [2.05, 4.69) is 22.2 Å². The van der Waals surface area contributed by atoms with Gasteiger partial charge in [-0.05, 0) is 24.6 Å². The summed E-state index contributed by atoms with van der Waals surface area (Å²) in [5, 5.41) is 22.3. The number of hydrogen-bond donors (Lipinski definition) is 4. The van der Waals surface area contributed by atoms with E-state index in [9.17, 15) is 19.2 Å². The zero-order valence-corrected chi connectivity index (χ0v) is 13.7. The van der Waals surface area contributed by atoms with Crippen molar-refractivity contribution in [2.45, 2.75) is 18.9 Å². The Kier molecular flexibility index (Phi) is 7.54. The van der Waals surface area contributed by atoms with Gasteiger partial charge < -0.3 is 20.8 Å². The van der Waals surface area contributed by atoms with Gasteiger partial charge in [0.05, 0.1) is 11.4 Å². The summed E-state index contributed by atoms with van der Waals surface area (Å²) in [5.41, 5.74) is 0.377. The number of rotatable bonds is 9. The molecule has 0 fully saturated rings. The second kappa shape index (κ2) is 9.38. The summed E-state index contributed by atoms with van der Waals surface area (Å²) >= 11 is 5.40. The zero-order valence-electron chi connectivity index (χ0n) is 13.0. The molecule has 0 radical (unpaired) electrons. The number of anilines is 1. The maximum absolute atomic E-state index is 12.1. The highest BCUT2D eigenvalue weighted by Gasteiger charge is 2.22. The first-order valence-corrected chi connectivity index (χ1v) is 7.56. The minimum Gasteiger partial charge on any atom is -0.481 e. The van der Waals surface area contributed by atoms with E-state index in [0.29, 0.717) is 0 Å². The second-order valence-electron chi connectivity index (χ2n) is 4.81. The number of hydrogen-bond acceptors (Lipinski definition) is 5. The molecule has 0 aromatic carbocycles. The van der Waals surface area contributed by atoms with Gasteiger partial charge in [-0.3, -0.25) is 14.4 Å². The highest BCUT2D eigenvalue weighted by molar-refractivity contribution is 6.29. The Morgan fingerprint density at radius 1 is 1.28 bits per heavy atom. The number of carbonyl (C=O) groups excluding carboxylic acids is 2. The molecular formula is C15H16ClN3O6. The van der Waals surface area contributed by atoms with Crippen molar-refractivity contribution >= 4 is 47.1 Å². The number of nitrogens with one attached hydrogen (secondary N) is 2. The van der Waals surface area contributed by atoms with Crippen LogP contribution in [0.1, 0.15) is 29.0 Å². The maximum Gasteiger partial charge on any atom is 0.326 e. The Bertz CT molecular complexity index is 707. The van der Waals surface area contributed by atoms with E-state index in [1.807, 2.05) is 0 Å². The number of carboxylic acid groups (broad SMARTS) is 2. The number of amides is 2. The van der Waals surface area contributed by atoms with Crippen LogP contribution in [0.15, 0.2) is 18.7 Å². The van der Waals surface area contributed by atoms with Crippen LogP contribution in [-0.4, -0.2) is 50.9 Å². The molecule has 0 bridgehead atoms. The number of nitrogens with zero attached hydrogens (tertiary/aromatic N) is 1. The Hall–Kier alpha value is -2.94. The molecule has 0 aliphatic heterocycles. The smallest absolute Gasteiger partial charge is 0.326 e. The lowest BCUT2D eigenvalue weighted by molar-refractivity contribution is -0.140. The summed E-state index contributed by atoms with van der Waals surface area (Å²) in [7, 11) is 0. The molecule has 10 heteroatoms. The van der Waals surface area contributed by atoms with E-state index in [4.69, 9.17) is 21.8 Å². The lowest BCUT2D eigenvalue weighted by atomic mass is 10.1. The van der Waals surface area contributed by atoms with Crippen molar-refractivity contribution in [3.63, 3.8) is 0 Å². The highest BCUT2D eigenvalue weighted by atomic mass is 35.5. The summed E-state index contributed by atoms with van der Waals surface area (Å²) in [6.45, 7) is 3.53. The molecule has 1 unspecified atom stereocenters. The average molecular weight is 370 g/mol. The van der Waals surface area contributed by atoms with Crippen molar-refractivity contribution in [2.24, 2.45) is 0 Å². The molecule has 1 rings (SSSR count). The minimum absolute atomic E-state index is 0.111. The van der Waals surface area contributed by atoms with Crippen LogP contribution in [-0.2, 0) is 14.4 Å². The Morgan fingerprint density at radius 3 is 2.48 bits per heavy atom. The molecule has 134 valence electrons. The van der Waals surface area contributed by atoms with E-state index >= 15 is 0 Å². The predicted octanol–water partition coefficient (Wildman–Crippen LogP) is 0.950. The van der Waals surface area contributed by atoms with Gasteiger partial charge >= 0.3 is 11.9 Å². The van der Waals surface area contributed by atoms with Crippen molar-refractivity contribution < 1.29 is 29.4 Å². The zero-order chi connectivity index (χ0) is 19.0. The normalized spacial score (nSPS) is 11.2. The van der Waals surface area contributed by atoms with Crippen LogP contribution in [0.2, 0.25) is 0 Å². The lowest BCUT2D eigenvalue weighted by Crippen LogP contribution is -2.41. The van der Waals surface area contributed by atoms with Gasteiger partial charge in [0, 0.05) is 6.42 Å². The quantitative estimate of drug-likeness (QED) is 0.474. The molecule has 0 spiro atoms. The van der Waals surface area contributed by atoms with Crippen LogP contribution in [0.3, 0.4) is 0 Å². The predicted molar refractivity (Wildman–Crippen MR) is 89.4 cm³/mol. The summed E-state index contributed by atoms with van der Waals surface area (Å²) in [6, 6.07) is 1.31. The standard InChI is InChI=1S/C15H16ClN3O6/c1-2-8-9(18-12(20)7-16)3-4-10(17-8)14(23)19-11(15(24)25)5-6-13(21)22/h2-4,11H,1,5-7H2,(H,18,20)(H,19,23)(H,21,22)(H,24,25). The third-order valence-electron chi connectivity index (χ3n) is 3.00. The molecule has 1 atom stereocenters. The number of aliphatic carboxylic acids is 2. The van der Waals surface area contributed by atoms with Crippen LogP contribution in [0.4, 0.5) is 5.69 Å². The Morgan fingerprint density at radius 2 is 1.96 bits per heavy atom. The molecule has 0 saturated heterocycles. The first-order chi connectivity index (χ1) is 11.8. The van der Waals surface area contributed by atoms with Crippen molar-refractivity contribution in [1.29, 1.82) is 0 Å². The number of carboxylic acids is 2. The van der Waals surface area contributed by atoms with E-state index in [1.54, 1.807) is 0 Å². The summed E-state index contributed by atoms with van der Waals surface area (Å²) in [5.74, 6) is -4.06. The molecule has 1 aromatic rings. The van der Waals surface area contributed by atoms with Gasteiger partial charge in [-0.15, -0.1) is 11.6 Å². The highest BCUT2D eigenvalue weighted by Crippen LogP contribution is 2.16. The van der Waals surface area contributed by atoms with Gasteiger partial charge in [-0.25, -0.2) is 9.78 Å². The number of halogens is 1. The van der Waals surface area contributed by atoms with Gasteiger partial charge in [-0.1, -0.05) is 6.58 Å². The van der Waals surface area contributed by atoms with Crippen LogP contribution in [0.5, 0.6) is 0 Å². The maximum atomic E-state index is 12.1. The van der Waals surface area contributed by atoms with Crippen LogP contribution in [0, 0.1) is 0 Å². The van der Waals surface area contributed by atoms with Gasteiger partial charge in [-0.2, -0.15) is 0 Å². The third kappa shape index (κ3) is 6.22. The van der Waals surface area contributed by atoms with Crippen molar-refractivity contribution in [3.05, 3.63) is 30.1 Å². The van der Waals surface area contributed by atoms with Gasteiger partial charge in [0.15, 0.2) is 0 Å². The minimum atomic E-state index is -1.37. The van der Waals surface area contributed by atoms with E-state index in [0.717, 1.165) is 0 Å². The largest absolute Gasteiger partial charge is 0.481 e. The number of pyridine rings is 1. The fourth-order valence-electron chi connectivity index (χ4n) is 1.80. The number of alkyl halides is 1. The number of carbonyl (C=O) groups is 4. The molecule has 0 aliphatic rings. The fourth-order valence-corrected chi connectivity index (χ4v) is 1.87. The Labute approximate surface area is 147 Å². The molecule has 25 heavy (non-hydrogen) atoms. The first-order valence-electron chi connectivity index (χ1n) is 7.03. The molecule has 0 saturated carbocycles. The van der Waals surface area contributed by atoms with Crippen molar-refractivity contribution in [2.75, 3.05) is 11.2 Å². The summed E-state index contributed by atoms with van der Waals surface area (Å²) in [4.78, 5) is 49.1. The van der Waals surface area contributed by atoms with Crippen LogP contribution < -0.4 is 10.6 Å². The topological polar surface area (TPSA) is 146 Å². The van der Waals surface area contributed by atoms with Gasteiger partial charge in [0.1, 0.15) is 17.6 Å². The molecule has 1 heterocycles. The van der Waals surface area contributed by atoms with Crippen LogP contribution >= 0.6 is 11.6 Å². The molecule has 9 nitrogen and oxygen atoms in total. The molecule has 0 aliphatic carbocycles. The van der Waals surface area contributed by atoms with Crippen LogP contribution in [0.25, 0.3) is 6.08 Å². The molecule has 1 aromatic heterocycles. The van der Waals surface area contributed by atoms with Crippen molar-refractivity contribution in [3.8, 4) is 0 Å². The van der Waals surface area contributed by atoms with E-state index < -0.39 is 36.2 Å². The monoisotopic (exact) mass is 369 g/mol. The average Bonchev–Trinajstić information content (AvgIpc) is 2.57. The summed E-state index contributed by atoms with van der Waals surface area (Å²) in [6.07, 6.45) is 0.625. The van der Waals surface area contributed by atoms with E-state index in [1.165, 1.54) is 18.2 Å². The molecular weight excluding hydrogens is 354 g/mol. The number of aromatic nitrogens is 1. The second-order valence-corrected chi connectivity index (χ2v) is 5.08. The fraction of sp³-hybridized carbons (Fsp3) is 0.267. The summed E-state index contributed by atoms with van der Waals surface area (Å²) < 4.78 is 0.